The highest BCUT2D eigenvalue weighted by atomic mass is 79.9. The second-order valence-electron chi connectivity index (χ2n) is 8.25. The van der Waals surface area contributed by atoms with Crippen molar-refractivity contribution in [3.63, 3.8) is 0 Å². The van der Waals surface area contributed by atoms with Crippen LogP contribution in [0.4, 0.5) is 5.69 Å². The van der Waals surface area contributed by atoms with Gasteiger partial charge in [-0.2, -0.15) is 10.4 Å². The monoisotopic (exact) mass is 591 g/mol. The molecule has 0 saturated heterocycles. The minimum absolute atomic E-state index is 0.000771. The average molecular weight is 592 g/mol. The SMILES string of the molecule is Cc1ccc(C)n1-c1ccc(OCc2ccc(C(=O)N/N=C/c3cc(Br)cc([N+](=O)[O-])c3OCC#N)o2)cc1. The van der Waals surface area contributed by atoms with Crippen molar-refractivity contribution in [2.75, 3.05) is 6.61 Å². The molecule has 2 aromatic heterocycles. The summed E-state index contributed by atoms with van der Waals surface area (Å²) in [6.45, 7) is 3.80. The number of nitrogens with one attached hydrogen (secondary N) is 1. The summed E-state index contributed by atoms with van der Waals surface area (Å²) in [6.07, 6.45) is 1.18. The highest BCUT2D eigenvalue weighted by Gasteiger charge is 2.20. The van der Waals surface area contributed by atoms with Gasteiger partial charge in [-0.15, -0.1) is 0 Å². The zero-order valence-electron chi connectivity index (χ0n) is 20.9. The molecule has 4 aromatic rings. The lowest BCUT2D eigenvalue weighted by molar-refractivity contribution is -0.385. The minimum Gasteiger partial charge on any atom is -0.486 e. The van der Waals surface area contributed by atoms with Crippen LogP contribution in [0.2, 0.25) is 0 Å². The zero-order valence-corrected chi connectivity index (χ0v) is 22.5. The van der Waals surface area contributed by atoms with Crippen LogP contribution < -0.4 is 14.9 Å². The Morgan fingerprint density at radius 2 is 1.87 bits per heavy atom. The summed E-state index contributed by atoms with van der Waals surface area (Å²) >= 11 is 3.19. The quantitative estimate of drug-likeness (QED) is 0.143. The molecule has 4 rings (SSSR count). The lowest BCUT2D eigenvalue weighted by atomic mass is 10.2. The molecule has 39 heavy (non-hydrogen) atoms. The van der Waals surface area contributed by atoms with Gasteiger partial charge >= 0.3 is 11.6 Å². The number of aromatic nitrogens is 1. The number of hydrogen-bond donors (Lipinski definition) is 1. The summed E-state index contributed by atoms with van der Waals surface area (Å²) in [4.78, 5) is 23.2. The van der Waals surface area contributed by atoms with Crippen molar-refractivity contribution in [2.24, 2.45) is 5.10 Å². The van der Waals surface area contributed by atoms with Gasteiger partial charge in [0.05, 0.1) is 11.1 Å². The molecule has 0 saturated carbocycles. The summed E-state index contributed by atoms with van der Waals surface area (Å²) in [5, 5.41) is 24.0. The van der Waals surface area contributed by atoms with Crippen LogP contribution in [0.5, 0.6) is 11.5 Å². The highest BCUT2D eigenvalue weighted by Crippen LogP contribution is 2.33. The van der Waals surface area contributed by atoms with Crippen LogP contribution in [-0.4, -0.2) is 28.2 Å². The number of hydrogen-bond acceptors (Lipinski definition) is 8. The molecule has 11 nitrogen and oxygen atoms in total. The van der Waals surface area contributed by atoms with Crippen LogP contribution >= 0.6 is 15.9 Å². The second kappa shape index (κ2) is 12.1. The van der Waals surface area contributed by atoms with Gasteiger partial charge in [0.2, 0.25) is 5.75 Å². The zero-order chi connectivity index (χ0) is 27.9. The van der Waals surface area contributed by atoms with E-state index in [0.717, 1.165) is 17.1 Å². The van der Waals surface area contributed by atoms with E-state index in [9.17, 15) is 14.9 Å². The largest absolute Gasteiger partial charge is 0.486 e. The predicted octanol–water partition coefficient (Wildman–Crippen LogP) is 5.60. The van der Waals surface area contributed by atoms with E-state index in [1.807, 2.05) is 38.1 Å². The molecule has 1 N–H and O–H groups in total. The van der Waals surface area contributed by atoms with E-state index in [0.29, 0.717) is 16.0 Å². The number of aryl methyl sites for hydroxylation is 2. The number of nitrogens with zero attached hydrogens (tertiary/aromatic N) is 4. The highest BCUT2D eigenvalue weighted by molar-refractivity contribution is 9.10. The topological polar surface area (TPSA) is 145 Å². The number of nitriles is 1. The van der Waals surface area contributed by atoms with Gasteiger partial charge in [-0.05, 0) is 68.4 Å². The van der Waals surface area contributed by atoms with Gasteiger partial charge in [-0.3, -0.25) is 14.9 Å². The van der Waals surface area contributed by atoms with E-state index >= 15 is 0 Å². The number of nitro groups is 1. The Kier molecular flexibility index (Phi) is 8.43. The van der Waals surface area contributed by atoms with Crippen LogP contribution in [0.25, 0.3) is 5.69 Å². The van der Waals surface area contributed by atoms with Gasteiger partial charge in [0.25, 0.3) is 0 Å². The molecule has 2 aromatic carbocycles. The predicted molar refractivity (Wildman–Crippen MR) is 145 cm³/mol. The summed E-state index contributed by atoms with van der Waals surface area (Å²) in [5.41, 5.74) is 5.44. The van der Waals surface area contributed by atoms with Crippen LogP contribution in [-0.2, 0) is 6.61 Å². The van der Waals surface area contributed by atoms with E-state index in [1.54, 1.807) is 12.1 Å². The number of rotatable bonds is 10. The Balaban J connectivity index is 1.37. The first-order valence-electron chi connectivity index (χ1n) is 11.5. The Hall–Kier alpha value is -4.89. The molecule has 0 spiro atoms. The maximum Gasteiger partial charge on any atom is 0.312 e. The van der Waals surface area contributed by atoms with E-state index in [-0.39, 0.29) is 29.4 Å². The van der Waals surface area contributed by atoms with Gasteiger partial charge in [0.1, 0.15) is 24.2 Å². The van der Waals surface area contributed by atoms with Crippen LogP contribution in [0, 0.1) is 35.3 Å². The van der Waals surface area contributed by atoms with E-state index in [1.165, 1.54) is 24.4 Å². The number of carbonyl (C=O) groups excluding carboxylic acids is 1. The minimum atomic E-state index is -0.641. The standard InChI is InChI=1S/C27H22BrN5O6/c1-17-3-4-18(2)32(17)21-5-7-22(8-6-21)38-16-23-9-10-25(39-23)27(34)31-30-15-19-13-20(28)14-24(33(35)36)26(19)37-12-11-29/h3-10,13-15H,12,16H2,1-2H3,(H,31,34)/b30-15+. The summed E-state index contributed by atoms with van der Waals surface area (Å²) in [6, 6.07) is 19.4. The first-order chi connectivity index (χ1) is 18.8. The Morgan fingerprint density at radius 3 is 2.54 bits per heavy atom. The summed E-state index contributed by atoms with van der Waals surface area (Å²) < 4.78 is 19.1. The van der Waals surface area contributed by atoms with Crippen LogP contribution in [0.15, 0.2) is 74.7 Å². The molecule has 0 aliphatic heterocycles. The molecule has 0 atom stereocenters. The number of benzene rings is 2. The first-order valence-corrected chi connectivity index (χ1v) is 12.3. The van der Waals surface area contributed by atoms with E-state index < -0.39 is 17.4 Å². The molecule has 1 amide bonds. The lowest BCUT2D eigenvalue weighted by Gasteiger charge is -2.10. The fourth-order valence-corrected chi connectivity index (χ4v) is 4.27. The average Bonchev–Trinajstić information content (AvgIpc) is 3.53. The number of ether oxygens (including phenoxy) is 2. The molecule has 0 bridgehead atoms. The van der Waals surface area contributed by atoms with Crippen molar-refractivity contribution < 1.29 is 23.6 Å². The molecule has 12 heteroatoms. The fraction of sp³-hybridized carbons (Fsp3) is 0.148. The molecule has 0 fully saturated rings. The third-order valence-corrected chi connectivity index (χ3v) is 6.00. The normalized spacial score (nSPS) is 10.8. The Bertz CT molecular complexity index is 1560. The molecule has 0 aliphatic rings. The third kappa shape index (κ3) is 6.52. The summed E-state index contributed by atoms with van der Waals surface area (Å²) in [7, 11) is 0. The van der Waals surface area contributed by atoms with Gasteiger partial charge in [0.15, 0.2) is 12.4 Å². The molecule has 0 unspecified atom stereocenters. The van der Waals surface area contributed by atoms with E-state index in [2.05, 4.69) is 43.2 Å². The van der Waals surface area contributed by atoms with Gasteiger partial charge in [0, 0.05) is 33.2 Å². The van der Waals surface area contributed by atoms with Crippen molar-refractivity contribution in [2.45, 2.75) is 20.5 Å². The van der Waals surface area contributed by atoms with Crippen LogP contribution in [0.3, 0.4) is 0 Å². The van der Waals surface area contributed by atoms with Gasteiger partial charge < -0.3 is 18.5 Å². The van der Waals surface area contributed by atoms with Crippen molar-refractivity contribution in [1.29, 1.82) is 5.26 Å². The molecule has 2 heterocycles. The molecular weight excluding hydrogens is 570 g/mol. The first kappa shape index (κ1) is 27.2. The molecule has 0 aliphatic carbocycles. The number of nitro benzene ring substituents is 1. The van der Waals surface area contributed by atoms with Crippen molar-refractivity contribution >= 4 is 33.7 Å². The number of hydrazone groups is 1. The molecule has 0 radical (unpaired) electrons. The van der Waals surface area contributed by atoms with Crippen LogP contribution in [0.1, 0.15) is 33.3 Å². The number of halogens is 1. The maximum atomic E-state index is 12.5. The lowest BCUT2D eigenvalue weighted by Crippen LogP contribution is -2.17. The number of amides is 1. The summed E-state index contributed by atoms with van der Waals surface area (Å²) in [5.74, 6) is 0.293. The number of carbonyl (C=O) groups is 1. The van der Waals surface area contributed by atoms with Gasteiger partial charge in [-0.1, -0.05) is 15.9 Å². The number of furan rings is 1. The Labute approximate surface area is 231 Å². The molecule has 198 valence electrons. The fourth-order valence-electron chi connectivity index (χ4n) is 3.81. The smallest absolute Gasteiger partial charge is 0.312 e. The molecular formula is C27H22BrN5O6. The van der Waals surface area contributed by atoms with Crippen molar-refractivity contribution in [1.82, 2.24) is 9.99 Å². The van der Waals surface area contributed by atoms with Gasteiger partial charge in [-0.25, -0.2) is 5.43 Å². The third-order valence-electron chi connectivity index (χ3n) is 5.54. The maximum absolute atomic E-state index is 12.5. The van der Waals surface area contributed by atoms with Crippen molar-refractivity contribution in [3.05, 3.63) is 104 Å². The second-order valence-corrected chi connectivity index (χ2v) is 9.16. The van der Waals surface area contributed by atoms with E-state index in [4.69, 9.17) is 19.2 Å². The Morgan fingerprint density at radius 1 is 1.15 bits per heavy atom. The van der Waals surface area contributed by atoms with Crippen molar-refractivity contribution in [3.8, 4) is 23.3 Å².